The molecule has 4 aromatic rings. The molecule has 0 aliphatic heterocycles. The van der Waals surface area contributed by atoms with E-state index < -0.39 is 0 Å². The first kappa shape index (κ1) is 17.7. The average Bonchev–Trinajstić information content (AvgIpc) is 3.19. The summed E-state index contributed by atoms with van der Waals surface area (Å²) in [6, 6.07) is 23.1. The second-order valence-electron chi connectivity index (χ2n) is 6.27. The number of methoxy groups -OCH3 is 2. The second kappa shape index (κ2) is 7.48. The fourth-order valence-electron chi connectivity index (χ4n) is 3.23. The minimum absolute atomic E-state index is 0.0809. The molecule has 4 rings (SSSR count). The highest BCUT2D eigenvalue weighted by atomic mass is 16.5. The minimum Gasteiger partial charge on any atom is -0.504 e. The van der Waals surface area contributed by atoms with E-state index in [1.165, 1.54) is 7.11 Å². The number of para-hydroxylation sites is 1. The van der Waals surface area contributed by atoms with Gasteiger partial charge in [0.2, 0.25) is 0 Å². The lowest BCUT2D eigenvalue weighted by Crippen LogP contribution is -1.96. The van der Waals surface area contributed by atoms with Crippen LogP contribution in [0.4, 0.5) is 0 Å². The van der Waals surface area contributed by atoms with Gasteiger partial charge in [-0.3, -0.25) is 4.57 Å². The van der Waals surface area contributed by atoms with Gasteiger partial charge in [-0.1, -0.05) is 30.3 Å². The van der Waals surface area contributed by atoms with Crippen LogP contribution in [0.25, 0.3) is 28.2 Å². The largest absolute Gasteiger partial charge is 0.504 e. The van der Waals surface area contributed by atoms with Gasteiger partial charge in [-0.25, -0.2) is 4.98 Å². The Morgan fingerprint density at radius 3 is 2.36 bits per heavy atom. The third-order valence-corrected chi connectivity index (χ3v) is 4.60. The number of imidazole rings is 1. The third-order valence-electron chi connectivity index (χ3n) is 4.60. The molecular weight excluding hydrogens is 352 g/mol. The Kier molecular flexibility index (Phi) is 4.72. The smallest absolute Gasteiger partial charge is 0.160 e. The van der Waals surface area contributed by atoms with Gasteiger partial charge >= 0.3 is 0 Å². The molecule has 0 atom stereocenters. The minimum atomic E-state index is 0.0809. The van der Waals surface area contributed by atoms with Crippen molar-refractivity contribution in [3.05, 3.63) is 79.1 Å². The van der Waals surface area contributed by atoms with Crippen LogP contribution in [0.2, 0.25) is 0 Å². The first-order chi connectivity index (χ1) is 13.7. The number of benzene rings is 3. The van der Waals surface area contributed by atoms with Gasteiger partial charge in [0, 0.05) is 16.8 Å². The summed E-state index contributed by atoms with van der Waals surface area (Å²) in [6.07, 6.45) is 1.79. The highest BCUT2D eigenvalue weighted by Crippen LogP contribution is 2.38. The highest BCUT2D eigenvalue weighted by Gasteiger charge is 2.18. The summed E-state index contributed by atoms with van der Waals surface area (Å²) < 4.78 is 12.6. The topological polar surface area (TPSA) is 56.5 Å². The van der Waals surface area contributed by atoms with E-state index in [1.807, 2.05) is 65.2 Å². The SMILES string of the molecule is COc1cccc(-c2ncn(-c3ccccc3)c2-c2ccc(OC)c(O)c2)c1. The van der Waals surface area contributed by atoms with Crippen molar-refractivity contribution in [2.24, 2.45) is 0 Å². The van der Waals surface area contributed by atoms with E-state index in [0.717, 1.165) is 34.0 Å². The Hall–Kier alpha value is -3.73. The van der Waals surface area contributed by atoms with Gasteiger partial charge in [-0.2, -0.15) is 0 Å². The van der Waals surface area contributed by atoms with E-state index in [4.69, 9.17) is 9.47 Å². The molecule has 0 radical (unpaired) electrons. The van der Waals surface area contributed by atoms with E-state index in [2.05, 4.69) is 4.98 Å². The van der Waals surface area contributed by atoms with E-state index in [0.29, 0.717) is 5.75 Å². The van der Waals surface area contributed by atoms with Crippen molar-refractivity contribution in [2.75, 3.05) is 14.2 Å². The van der Waals surface area contributed by atoms with Gasteiger partial charge in [-0.15, -0.1) is 0 Å². The third kappa shape index (κ3) is 3.18. The number of phenols is 1. The van der Waals surface area contributed by atoms with Crippen LogP contribution in [-0.4, -0.2) is 28.9 Å². The summed E-state index contributed by atoms with van der Waals surface area (Å²) >= 11 is 0. The lowest BCUT2D eigenvalue weighted by atomic mass is 10.0. The van der Waals surface area contributed by atoms with Gasteiger partial charge in [0.15, 0.2) is 11.5 Å². The molecular formula is C23H20N2O3. The molecule has 5 heteroatoms. The van der Waals surface area contributed by atoms with Crippen molar-refractivity contribution in [3.63, 3.8) is 0 Å². The van der Waals surface area contributed by atoms with Gasteiger partial charge in [0.05, 0.1) is 25.6 Å². The molecule has 3 aromatic carbocycles. The average molecular weight is 372 g/mol. The van der Waals surface area contributed by atoms with Crippen LogP contribution in [0.5, 0.6) is 17.2 Å². The summed E-state index contributed by atoms with van der Waals surface area (Å²) in [5.74, 6) is 1.27. The first-order valence-corrected chi connectivity index (χ1v) is 8.86. The summed E-state index contributed by atoms with van der Waals surface area (Å²) in [5.41, 5.74) is 4.41. The van der Waals surface area contributed by atoms with Crippen molar-refractivity contribution >= 4 is 0 Å². The maximum absolute atomic E-state index is 10.3. The molecule has 1 heterocycles. The molecule has 0 aliphatic rings. The molecule has 1 N–H and O–H groups in total. The zero-order valence-corrected chi connectivity index (χ0v) is 15.7. The molecule has 140 valence electrons. The van der Waals surface area contributed by atoms with Crippen LogP contribution < -0.4 is 9.47 Å². The normalized spacial score (nSPS) is 10.6. The molecule has 0 saturated heterocycles. The Morgan fingerprint density at radius 1 is 0.821 bits per heavy atom. The number of hydrogen-bond acceptors (Lipinski definition) is 4. The molecule has 0 unspecified atom stereocenters. The number of aromatic hydroxyl groups is 1. The second-order valence-corrected chi connectivity index (χ2v) is 6.27. The van der Waals surface area contributed by atoms with Crippen LogP contribution >= 0.6 is 0 Å². The Morgan fingerprint density at radius 2 is 1.64 bits per heavy atom. The molecule has 0 aliphatic carbocycles. The molecule has 0 spiro atoms. The fraction of sp³-hybridized carbons (Fsp3) is 0.0870. The van der Waals surface area contributed by atoms with E-state index in [9.17, 15) is 5.11 Å². The first-order valence-electron chi connectivity index (χ1n) is 8.86. The van der Waals surface area contributed by atoms with Crippen molar-refractivity contribution in [1.82, 2.24) is 9.55 Å². The predicted octanol–water partition coefficient (Wildman–Crippen LogP) is 4.93. The Balaban J connectivity index is 1.95. The van der Waals surface area contributed by atoms with Crippen molar-refractivity contribution in [1.29, 1.82) is 0 Å². The Bertz CT molecular complexity index is 1100. The van der Waals surface area contributed by atoms with Gasteiger partial charge in [0.1, 0.15) is 12.1 Å². The molecule has 0 fully saturated rings. The van der Waals surface area contributed by atoms with Crippen LogP contribution in [-0.2, 0) is 0 Å². The van der Waals surface area contributed by atoms with E-state index >= 15 is 0 Å². The number of phenolic OH excluding ortho intramolecular Hbond substituents is 1. The van der Waals surface area contributed by atoms with Crippen LogP contribution in [0, 0.1) is 0 Å². The summed E-state index contributed by atoms with van der Waals surface area (Å²) in [7, 11) is 3.18. The zero-order chi connectivity index (χ0) is 19.5. The monoisotopic (exact) mass is 372 g/mol. The molecule has 0 saturated carbocycles. The van der Waals surface area contributed by atoms with E-state index in [-0.39, 0.29) is 5.75 Å². The number of rotatable bonds is 5. The van der Waals surface area contributed by atoms with Crippen molar-refractivity contribution in [2.45, 2.75) is 0 Å². The Labute approximate surface area is 163 Å². The number of aromatic nitrogens is 2. The molecule has 28 heavy (non-hydrogen) atoms. The number of hydrogen-bond donors (Lipinski definition) is 1. The summed E-state index contributed by atoms with van der Waals surface area (Å²) in [5, 5.41) is 10.3. The molecule has 5 nitrogen and oxygen atoms in total. The lowest BCUT2D eigenvalue weighted by Gasteiger charge is -2.13. The summed E-state index contributed by atoms with van der Waals surface area (Å²) in [6.45, 7) is 0. The van der Waals surface area contributed by atoms with Gasteiger partial charge in [-0.05, 0) is 42.5 Å². The molecule has 1 aromatic heterocycles. The van der Waals surface area contributed by atoms with Crippen molar-refractivity contribution in [3.8, 4) is 45.5 Å². The highest BCUT2D eigenvalue weighted by molar-refractivity contribution is 5.81. The van der Waals surface area contributed by atoms with Crippen LogP contribution in [0.3, 0.4) is 0 Å². The van der Waals surface area contributed by atoms with Gasteiger partial charge in [0.25, 0.3) is 0 Å². The molecule has 0 amide bonds. The quantitative estimate of drug-likeness (QED) is 0.540. The fourth-order valence-corrected chi connectivity index (χ4v) is 3.23. The van der Waals surface area contributed by atoms with Crippen LogP contribution in [0.1, 0.15) is 0 Å². The van der Waals surface area contributed by atoms with Gasteiger partial charge < -0.3 is 14.6 Å². The van der Waals surface area contributed by atoms with E-state index in [1.54, 1.807) is 25.6 Å². The zero-order valence-electron chi connectivity index (χ0n) is 15.7. The summed E-state index contributed by atoms with van der Waals surface area (Å²) in [4.78, 5) is 4.68. The number of ether oxygens (including phenoxy) is 2. The maximum atomic E-state index is 10.3. The maximum Gasteiger partial charge on any atom is 0.160 e. The lowest BCUT2D eigenvalue weighted by molar-refractivity contribution is 0.373. The van der Waals surface area contributed by atoms with Crippen LogP contribution in [0.15, 0.2) is 79.1 Å². The molecule has 0 bridgehead atoms. The standard InChI is InChI=1S/C23H20N2O3/c1-27-19-10-6-7-16(13-19)22-23(17-11-12-21(28-2)20(26)14-17)25(15-24-22)18-8-4-3-5-9-18/h3-15,26H,1-2H3. The number of nitrogens with zero attached hydrogens (tertiary/aromatic N) is 2. The predicted molar refractivity (Wildman–Crippen MR) is 109 cm³/mol. The van der Waals surface area contributed by atoms with Crippen molar-refractivity contribution < 1.29 is 14.6 Å².